The summed E-state index contributed by atoms with van der Waals surface area (Å²) < 4.78 is 0. The lowest BCUT2D eigenvalue weighted by Crippen LogP contribution is -2.58. The van der Waals surface area contributed by atoms with Gasteiger partial charge in [0, 0.05) is 18.1 Å². The smallest absolute Gasteiger partial charge is 0.0336 e. The number of hydrogen-bond donors (Lipinski definition) is 1. The van der Waals surface area contributed by atoms with Gasteiger partial charge < -0.3 is 5.73 Å². The van der Waals surface area contributed by atoms with Gasteiger partial charge >= 0.3 is 0 Å². The molecular formula is C14H30N2. The van der Waals surface area contributed by atoms with E-state index >= 15 is 0 Å². The molecule has 0 bridgehead atoms. The molecule has 3 atom stereocenters. The number of nitrogens with two attached hydrogens (primary N) is 1. The molecule has 2 nitrogen and oxygen atoms in total. The molecule has 0 amide bonds. The van der Waals surface area contributed by atoms with Crippen LogP contribution in [0.1, 0.15) is 53.4 Å². The van der Waals surface area contributed by atoms with E-state index in [9.17, 15) is 0 Å². The molecule has 0 radical (unpaired) electrons. The van der Waals surface area contributed by atoms with E-state index in [0.717, 1.165) is 18.4 Å². The van der Waals surface area contributed by atoms with Crippen LogP contribution in [0.3, 0.4) is 0 Å². The highest BCUT2D eigenvalue weighted by molar-refractivity contribution is 4.97. The van der Waals surface area contributed by atoms with E-state index < -0.39 is 0 Å². The van der Waals surface area contributed by atoms with Crippen LogP contribution in [0.5, 0.6) is 0 Å². The van der Waals surface area contributed by atoms with Crippen LogP contribution in [-0.2, 0) is 0 Å². The summed E-state index contributed by atoms with van der Waals surface area (Å²) in [6, 6.07) is 0.640. The van der Waals surface area contributed by atoms with Crippen molar-refractivity contribution < 1.29 is 0 Å². The van der Waals surface area contributed by atoms with Crippen molar-refractivity contribution in [1.29, 1.82) is 0 Å². The minimum atomic E-state index is 0.256. The summed E-state index contributed by atoms with van der Waals surface area (Å²) in [6.07, 6.45) is 5.13. The van der Waals surface area contributed by atoms with Crippen molar-refractivity contribution in [2.75, 3.05) is 13.6 Å². The molecule has 0 spiro atoms. The summed E-state index contributed by atoms with van der Waals surface area (Å²) in [5.74, 6) is 1.64. The number of hydrogen-bond acceptors (Lipinski definition) is 2. The first-order valence-electron chi connectivity index (χ1n) is 6.88. The summed E-state index contributed by atoms with van der Waals surface area (Å²) in [4.78, 5) is 2.55. The molecule has 1 fully saturated rings. The van der Waals surface area contributed by atoms with Crippen LogP contribution in [0.15, 0.2) is 0 Å². The zero-order valence-electron chi connectivity index (χ0n) is 11.8. The molecule has 0 aromatic rings. The Kier molecular flexibility index (Phi) is 4.81. The maximum atomic E-state index is 6.11. The highest BCUT2D eigenvalue weighted by Gasteiger charge is 2.41. The quantitative estimate of drug-likeness (QED) is 0.798. The first kappa shape index (κ1) is 14.0. The summed E-state index contributed by atoms with van der Waals surface area (Å²) in [7, 11) is 2.27. The van der Waals surface area contributed by atoms with Gasteiger partial charge in [-0.3, -0.25) is 4.90 Å². The van der Waals surface area contributed by atoms with Crippen LogP contribution in [0.2, 0.25) is 0 Å². The van der Waals surface area contributed by atoms with Crippen LogP contribution >= 0.6 is 0 Å². The molecule has 2 N–H and O–H groups in total. The van der Waals surface area contributed by atoms with E-state index in [-0.39, 0.29) is 5.54 Å². The first-order chi connectivity index (χ1) is 7.45. The average molecular weight is 226 g/mol. The molecule has 0 aromatic carbocycles. The Morgan fingerprint density at radius 3 is 2.19 bits per heavy atom. The minimum Gasteiger partial charge on any atom is -0.329 e. The Morgan fingerprint density at radius 2 is 1.81 bits per heavy atom. The van der Waals surface area contributed by atoms with E-state index in [4.69, 9.17) is 5.73 Å². The van der Waals surface area contributed by atoms with E-state index in [1.807, 2.05) is 0 Å². The lowest BCUT2D eigenvalue weighted by atomic mass is 9.70. The van der Waals surface area contributed by atoms with Gasteiger partial charge in [0.1, 0.15) is 0 Å². The van der Waals surface area contributed by atoms with Crippen molar-refractivity contribution in [3.63, 3.8) is 0 Å². The molecule has 0 aromatic heterocycles. The Hall–Kier alpha value is -0.0800. The third-order valence-electron chi connectivity index (χ3n) is 4.64. The van der Waals surface area contributed by atoms with E-state index in [1.54, 1.807) is 0 Å². The molecule has 3 unspecified atom stereocenters. The molecule has 1 aliphatic carbocycles. The Morgan fingerprint density at radius 1 is 1.31 bits per heavy atom. The second-order valence-corrected chi connectivity index (χ2v) is 6.15. The number of rotatable bonds is 4. The van der Waals surface area contributed by atoms with Gasteiger partial charge in [0.2, 0.25) is 0 Å². The van der Waals surface area contributed by atoms with Crippen LogP contribution in [0, 0.1) is 11.8 Å². The molecule has 0 heterocycles. The standard InChI is InChI=1S/C14H30N2/c1-6-13(4)16(5)14(10-15)8-11(2)7-12(3)9-14/h11-13H,6-10,15H2,1-5H3. The van der Waals surface area contributed by atoms with Crippen LogP contribution in [0.4, 0.5) is 0 Å². The topological polar surface area (TPSA) is 29.3 Å². The van der Waals surface area contributed by atoms with Gasteiger partial charge in [-0.25, -0.2) is 0 Å². The summed E-state index contributed by atoms with van der Waals surface area (Å²) >= 11 is 0. The van der Waals surface area contributed by atoms with Crippen molar-refractivity contribution in [2.45, 2.75) is 65.0 Å². The zero-order valence-corrected chi connectivity index (χ0v) is 11.8. The monoisotopic (exact) mass is 226 g/mol. The van der Waals surface area contributed by atoms with Crippen LogP contribution < -0.4 is 5.73 Å². The normalized spacial score (nSPS) is 37.7. The van der Waals surface area contributed by atoms with Crippen molar-refractivity contribution >= 4 is 0 Å². The number of likely N-dealkylation sites (N-methyl/N-ethyl adjacent to an activating group) is 1. The third-order valence-corrected chi connectivity index (χ3v) is 4.64. The predicted molar refractivity (Wildman–Crippen MR) is 71.5 cm³/mol. The van der Waals surface area contributed by atoms with Gasteiger partial charge in [-0.2, -0.15) is 0 Å². The minimum absolute atomic E-state index is 0.256. The first-order valence-corrected chi connectivity index (χ1v) is 6.88. The van der Waals surface area contributed by atoms with Crippen molar-refractivity contribution in [1.82, 2.24) is 4.90 Å². The molecule has 1 rings (SSSR count). The lowest BCUT2D eigenvalue weighted by Gasteiger charge is -2.50. The molecular weight excluding hydrogens is 196 g/mol. The zero-order chi connectivity index (χ0) is 12.3. The van der Waals surface area contributed by atoms with Gasteiger partial charge in [0.15, 0.2) is 0 Å². The highest BCUT2D eigenvalue weighted by Crippen LogP contribution is 2.39. The van der Waals surface area contributed by atoms with E-state index in [1.165, 1.54) is 25.7 Å². The SMILES string of the molecule is CCC(C)N(C)C1(CN)CC(C)CC(C)C1. The van der Waals surface area contributed by atoms with Gasteiger partial charge in [0.05, 0.1) is 0 Å². The highest BCUT2D eigenvalue weighted by atomic mass is 15.2. The van der Waals surface area contributed by atoms with Crippen LogP contribution in [0.25, 0.3) is 0 Å². The average Bonchev–Trinajstić information content (AvgIpc) is 2.25. The molecule has 1 saturated carbocycles. The van der Waals surface area contributed by atoms with Crippen molar-refractivity contribution in [3.05, 3.63) is 0 Å². The Labute approximate surface area is 102 Å². The maximum Gasteiger partial charge on any atom is 0.0336 e. The molecule has 1 aliphatic rings. The fourth-order valence-electron chi connectivity index (χ4n) is 3.57. The van der Waals surface area contributed by atoms with Gasteiger partial charge in [-0.05, 0) is 51.5 Å². The Balaban J connectivity index is 2.82. The van der Waals surface area contributed by atoms with Gasteiger partial charge in [-0.1, -0.05) is 20.8 Å². The maximum absolute atomic E-state index is 6.11. The molecule has 2 heteroatoms. The van der Waals surface area contributed by atoms with Crippen LogP contribution in [-0.4, -0.2) is 30.1 Å². The number of nitrogens with zero attached hydrogens (tertiary/aromatic N) is 1. The lowest BCUT2D eigenvalue weighted by molar-refractivity contribution is 0.0127. The second-order valence-electron chi connectivity index (χ2n) is 6.15. The summed E-state index contributed by atoms with van der Waals surface area (Å²) in [6.45, 7) is 10.2. The van der Waals surface area contributed by atoms with E-state index in [0.29, 0.717) is 6.04 Å². The summed E-state index contributed by atoms with van der Waals surface area (Å²) in [5.41, 5.74) is 6.37. The van der Waals surface area contributed by atoms with E-state index in [2.05, 4.69) is 39.6 Å². The molecule has 16 heavy (non-hydrogen) atoms. The fraction of sp³-hybridized carbons (Fsp3) is 1.00. The van der Waals surface area contributed by atoms with Crippen molar-refractivity contribution in [2.24, 2.45) is 17.6 Å². The molecule has 0 aliphatic heterocycles. The Bertz CT molecular complexity index is 205. The predicted octanol–water partition coefficient (Wildman–Crippen LogP) is 2.87. The third kappa shape index (κ3) is 2.78. The van der Waals surface area contributed by atoms with Crippen molar-refractivity contribution in [3.8, 4) is 0 Å². The van der Waals surface area contributed by atoms with Gasteiger partial charge in [0.25, 0.3) is 0 Å². The largest absolute Gasteiger partial charge is 0.329 e. The van der Waals surface area contributed by atoms with Gasteiger partial charge in [-0.15, -0.1) is 0 Å². The second kappa shape index (κ2) is 5.50. The fourth-order valence-corrected chi connectivity index (χ4v) is 3.57. The molecule has 96 valence electrons. The summed E-state index contributed by atoms with van der Waals surface area (Å²) in [5, 5.41) is 0. The molecule has 0 saturated heterocycles.